The highest BCUT2D eigenvalue weighted by Crippen LogP contribution is 2.15. The minimum Gasteiger partial charge on any atom is -0.386 e. The monoisotopic (exact) mass is 179 g/mol. The molecule has 0 fully saturated rings. The average molecular weight is 179 g/mol. The number of aliphatic hydroxyl groups excluding tert-OH is 1. The van der Waals surface area contributed by atoms with Gasteiger partial charge in [0.05, 0.1) is 6.04 Å². The molecule has 70 valence electrons. The van der Waals surface area contributed by atoms with Crippen LogP contribution in [0.15, 0.2) is 30.3 Å². The maximum absolute atomic E-state index is 10.9. The second-order valence-corrected chi connectivity index (χ2v) is 2.99. The van der Waals surface area contributed by atoms with E-state index < -0.39 is 12.1 Å². The highest BCUT2D eigenvalue weighted by atomic mass is 16.3. The number of nitrogens with two attached hydrogens (primary N) is 1. The number of benzene rings is 1. The number of aliphatic hydroxyl groups is 1. The fourth-order valence-electron chi connectivity index (χ4n) is 1.08. The first-order chi connectivity index (χ1) is 6.13. The van der Waals surface area contributed by atoms with Crippen molar-refractivity contribution in [2.75, 3.05) is 0 Å². The van der Waals surface area contributed by atoms with Gasteiger partial charge in [0.25, 0.3) is 0 Å². The van der Waals surface area contributed by atoms with Crippen LogP contribution in [0.4, 0.5) is 0 Å². The third kappa shape index (κ3) is 2.37. The summed E-state index contributed by atoms with van der Waals surface area (Å²) in [4.78, 5) is 10.9. The summed E-state index contributed by atoms with van der Waals surface area (Å²) in [6, 6.07) is 8.09. The molecule has 0 spiro atoms. The van der Waals surface area contributed by atoms with Crippen LogP contribution in [0.25, 0.3) is 0 Å². The molecule has 0 amide bonds. The van der Waals surface area contributed by atoms with Gasteiger partial charge in [0.1, 0.15) is 11.9 Å². The Bertz CT molecular complexity index is 284. The molecule has 0 aliphatic carbocycles. The van der Waals surface area contributed by atoms with Gasteiger partial charge in [-0.15, -0.1) is 0 Å². The number of carbonyl (C=O) groups is 1. The molecule has 1 rings (SSSR count). The molecule has 1 aromatic carbocycles. The van der Waals surface area contributed by atoms with Crippen LogP contribution in [-0.4, -0.2) is 16.9 Å². The Morgan fingerprint density at radius 1 is 1.38 bits per heavy atom. The van der Waals surface area contributed by atoms with Gasteiger partial charge < -0.3 is 10.8 Å². The average Bonchev–Trinajstić information content (AvgIpc) is 2.17. The lowest BCUT2D eigenvalue weighted by atomic mass is 10.0. The van der Waals surface area contributed by atoms with Crippen molar-refractivity contribution in [2.24, 2.45) is 5.73 Å². The number of carbonyl (C=O) groups excluding carboxylic acids is 1. The first kappa shape index (κ1) is 9.89. The Morgan fingerprint density at radius 2 is 1.92 bits per heavy atom. The quantitative estimate of drug-likeness (QED) is 0.715. The van der Waals surface area contributed by atoms with E-state index in [-0.39, 0.29) is 5.78 Å². The summed E-state index contributed by atoms with van der Waals surface area (Å²) in [6.45, 7) is 1.37. The molecule has 0 bridgehead atoms. The molecule has 3 N–H and O–H groups in total. The summed E-state index contributed by atoms with van der Waals surface area (Å²) in [7, 11) is 0. The van der Waals surface area contributed by atoms with Gasteiger partial charge in [-0.2, -0.15) is 0 Å². The summed E-state index contributed by atoms with van der Waals surface area (Å²) in [6.07, 6.45) is -0.904. The van der Waals surface area contributed by atoms with E-state index in [1.807, 2.05) is 6.07 Å². The van der Waals surface area contributed by atoms with Crippen LogP contribution < -0.4 is 5.73 Å². The highest BCUT2D eigenvalue weighted by molar-refractivity contribution is 5.82. The molecule has 0 unspecified atom stereocenters. The Balaban J connectivity index is 2.79. The van der Waals surface area contributed by atoms with Gasteiger partial charge in [-0.05, 0) is 12.5 Å². The van der Waals surface area contributed by atoms with E-state index >= 15 is 0 Å². The van der Waals surface area contributed by atoms with E-state index in [4.69, 9.17) is 5.73 Å². The molecule has 1 aromatic rings. The lowest BCUT2D eigenvalue weighted by Gasteiger charge is -2.15. The predicted molar refractivity (Wildman–Crippen MR) is 50.1 cm³/mol. The standard InChI is InChI=1S/C10H13NO2/c1-7(12)9(11)10(13)8-5-3-2-4-6-8/h2-6,9-10,13H,11H2,1H3/t9-,10-/m1/s1. The number of hydrogen-bond donors (Lipinski definition) is 2. The number of ketones is 1. The molecule has 0 saturated heterocycles. The molecule has 13 heavy (non-hydrogen) atoms. The van der Waals surface area contributed by atoms with Gasteiger partial charge in [0.15, 0.2) is 0 Å². The van der Waals surface area contributed by atoms with Gasteiger partial charge >= 0.3 is 0 Å². The molecule has 0 saturated carbocycles. The van der Waals surface area contributed by atoms with E-state index in [1.54, 1.807) is 24.3 Å². The van der Waals surface area contributed by atoms with Crippen molar-refractivity contribution < 1.29 is 9.90 Å². The number of hydrogen-bond acceptors (Lipinski definition) is 3. The SMILES string of the molecule is CC(=O)[C@@H](N)[C@H](O)c1ccccc1. The van der Waals surface area contributed by atoms with Crippen molar-refractivity contribution in [1.82, 2.24) is 0 Å². The van der Waals surface area contributed by atoms with Crippen molar-refractivity contribution >= 4 is 5.78 Å². The van der Waals surface area contributed by atoms with Crippen LogP contribution >= 0.6 is 0 Å². The Hall–Kier alpha value is -1.19. The molecule has 0 heterocycles. The van der Waals surface area contributed by atoms with E-state index in [2.05, 4.69) is 0 Å². The summed E-state index contributed by atoms with van der Waals surface area (Å²) in [5.41, 5.74) is 6.16. The van der Waals surface area contributed by atoms with Crippen molar-refractivity contribution in [3.8, 4) is 0 Å². The zero-order valence-corrected chi connectivity index (χ0v) is 7.47. The lowest BCUT2D eigenvalue weighted by Crippen LogP contribution is -2.35. The maximum Gasteiger partial charge on any atom is 0.149 e. The fourth-order valence-corrected chi connectivity index (χ4v) is 1.08. The van der Waals surface area contributed by atoms with Crippen LogP contribution in [0.5, 0.6) is 0 Å². The molecular weight excluding hydrogens is 166 g/mol. The molecule has 2 atom stereocenters. The minimum atomic E-state index is -0.904. The second kappa shape index (κ2) is 4.16. The van der Waals surface area contributed by atoms with Crippen LogP contribution in [0.3, 0.4) is 0 Å². The fraction of sp³-hybridized carbons (Fsp3) is 0.300. The first-order valence-electron chi connectivity index (χ1n) is 4.12. The van der Waals surface area contributed by atoms with Crippen molar-refractivity contribution in [3.63, 3.8) is 0 Å². The van der Waals surface area contributed by atoms with Gasteiger partial charge in [-0.3, -0.25) is 4.79 Å². The molecule has 0 radical (unpaired) electrons. The van der Waals surface area contributed by atoms with Crippen LogP contribution in [0.1, 0.15) is 18.6 Å². The normalized spacial score (nSPS) is 15.0. The molecule has 0 aliphatic rings. The van der Waals surface area contributed by atoms with Crippen molar-refractivity contribution in [1.29, 1.82) is 0 Å². The topological polar surface area (TPSA) is 63.3 Å². The highest BCUT2D eigenvalue weighted by Gasteiger charge is 2.20. The summed E-state index contributed by atoms with van der Waals surface area (Å²) < 4.78 is 0. The van der Waals surface area contributed by atoms with Crippen molar-refractivity contribution in [3.05, 3.63) is 35.9 Å². The Morgan fingerprint density at radius 3 is 2.38 bits per heavy atom. The zero-order chi connectivity index (χ0) is 9.84. The predicted octanol–water partition coefficient (Wildman–Crippen LogP) is 0.636. The van der Waals surface area contributed by atoms with Crippen LogP contribution in [0.2, 0.25) is 0 Å². The smallest absolute Gasteiger partial charge is 0.149 e. The summed E-state index contributed by atoms with van der Waals surface area (Å²) in [5, 5.41) is 9.61. The van der Waals surface area contributed by atoms with E-state index in [9.17, 15) is 9.90 Å². The van der Waals surface area contributed by atoms with Crippen LogP contribution in [-0.2, 0) is 4.79 Å². The Kier molecular flexibility index (Phi) is 3.17. The maximum atomic E-state index is 10.9. The number of rotatable bonds is 3. The first-order valence-corrected chi connectivity index (χ1v) is 4.12. The molecule has 3 heteroatoms. The van der Waals surface area contributed by atoms with Gasteiger partial charge in [0, 0.05) is 0 Å². The third-order valence-electron chi connectivity index (χ3n) is 1.95. The van der Waals surface area contributed by atoms with Gasteiger partial charge in [-0.1, -0.05) is 30.3 Å². The van der Waals surface area contributed by atoms with Gasteiger partial charge in [0.2, 0.25) is 0 Å². The van der Waals surface area contributed by atoms with E-state index in [0.29, 0.717) is 5.56 Å². The zero-order valence-electron chi connectivity index (χ0n) is 7.47. The molecular formula is C10H13NO2. The Labute approximate surface area is 77.2 Å². The summed E-state index contributed by atoms with van der Waals surface area (Å²) in [5.74, 6) is -0.212. The second-order valence-electron chi connectivity index (χ2n) is 2.99. The van der Waals surface area contributed by atoms with Crippen LogP contribution in [0, 0.1) is 0 Å². The largest absolute Gasteiger partial charge is 0.386 e. The molecule has 0 aromatic heterocycles. The minimum absolute atomic E-state index is 0.212. The van der Waals surface area contributed by atoms with E-state index in [0.717, 1.165) is 0 Å². The number of Topliss-reactive ketones (excluding diaryl/α,β-unsaturated/α-hetero) is 1. The van der Waals surface area contributed by atoms with Gasteiger partial charge in [-0.25, -0.2) is 0 Å². The summed E-state index contributed by atoms with van der Waals surface area (Å²) >= 11 is 0. The van der Waals surface area contributed by atoms with Crippen molar-refractivity contribution in [2.45, 2.75) is 19.1 Å². The lowest BCUT2D eigenvalue weighted by molar-refractivity contribution is -0.120. The van der Waals surface area contributed by atoms with E-state index in [1.165, 1.54) is 6.92 Å². The molecule has 3 nitrogen and oxygen atoms in total. The third-order valence-corrected chi connectivity index (χ3v) is 1.95. The molecule has 0 aliphatic heterocycles.